The van der Waals surface area contributed by atoms with Gasteiger partial charge >= 0.3 is 0 Å². The Labute approximate surface area is 80.1 Å². The molecule has 0 fully saturated rings. The van der Waals surface area contributed by atoms with Crippen LogP contribution in [0, 0.1) is 11.3 Å². The number of alkyl halides is 2. The van der Waals surface area contributed by atoms with Gasteiger partial charge in [0, 0.05) is 5.69 Å². The minimum Gasteiger partial charge on any atom is -0.399 e. The van der Waals surface area contributed by atoms with Crippen LogP contribution in [0.3, 0.4) is 0 Å². The third-order valence-corrected chi connectivity index (χ3v) is 1.61. The van der Waals surface area contributed by atoms with Crippen LogP contribution in [-0.2, 0) is 0 Å². The second-order valence-electron chi connectivity index (χ2n) is 2.69. The van der Waals surface area contributed by atoms with Gasteiger partial charge in [-0.15, -0.1) is 0 Å². The Kier molecular flexibility index (Phi) is 3.24. The molecule has 0 saturated carbocycles. The molecule has 1 aromatic carbocycles. The van der Waals surface area contributed by atoms with Crippen molar-refractivity contribution in [2.75, 3.05) is 17.6 Å². The summed E-state index contributed by atoms with van der Waals surface area (Å²) in [4.78, 5) is 0. The molecule has 3 N–H and O–H groups in total. The maximum atomic E-state index is 11.9. The third kappa shape index (κ3) is 2.59. The number of nitrogens with one attached hydrogen (secondary N) is 1. The minimum absolute atomic E-state index is 0.269. The highest BCUT2D eigenvalue weighted by Gasteiger charge is 2.05. The highest BCUT2D eigenvalue weighted by atomic mass is 19.3. The zero-order chi connectivity index (χ0) is 10.6. The lowest BCUT2D eigenvalue weighted by molar-refractivity contribution is 0.163. The van der Waals surface area contributed by atoms with Gasteiger partial charge in [0.2, 0.25) is 0 Å². The van der Waals surface area contributed by atoms with Crippen LogP contribution in [0.4, 0.5) is 20.2 Å². The highest BCUT2D eigenvalue weighted by Crippen LogP contribution is 2.17. The van der Waals surface area contributed by atoms with Gasteiger partial charge in [-0.3, -0.25) is 0 Å². The molecule has 5 heteroatoms. The molecule has 0 aliphatic carbocycles. The number of nitrogens with two attached hydrogens (primary N) is 1. The monoisotopic (exact) mass is 197 g/mol. The van der Waals surface area contributed by atoms with Gasteiger partial charge in [0.05, 0.1) is 17.8 Å². The Hall–Kier alpha value is -1.83. The average molecular weight is 197 g/mol. The van der Waals surface area contributed by atoms with E-state index in [0.29, 0.717) is 11.4 Å². The number of benzene rings is 1. The van der Waals surface area contributed by atoms with Crippen LogP contribution in [0.2, 0.25) is 0 Å². The van der Waals surface area contributed by atoms with E-state index in [4.69, 9.17) is 11.0 Å². The summed E-state index contributed by atoms with van der Waals surface area (Å²) in [6.07, 6.45) is -2.45. The Balaban J connectivity index is 2.82. The zero-order valence-corrected chi connectivity index (χ0v) is 7.30. The summed E-state index contributed by atoms with van der Waals surface area (Å²) in [7, 11) is 0. The van der Waals surface area contributed by atoms with E-state index in [1.165, 1.54) is 12.1 Å². The van der Waals surface area contributed by atoms with Gasteiger partial charge in [-0.25, -0.2) is 8.78 Å². The first-order valence-corrected chi connectivity index (χ1v) is 3.95. The summed E-state index contributed by atoms with van der Waals surface area (Å²) >= 11 is 0. The lowest BCUT2D eigenvalue weighted by Crippen LogP contribution is -2.11. The first kappa shape index (κ1) is 10.3. The average Bonchev–Trinajstić information content (AvgIpc) is 2.15. The fraction of sp³-hybridized carbons (Fsp3) is 0.222. The van der Waals surface area contributed by atoms with Crippen molar-refractivity contribution in [3.8, 4) is 6.07 Å². The van der Waals surface area contributed by atoms with Gasteiger partial charge in [-0.05, 0) is 18.2 Å². The van der Waals surface area contributed by atoms with Crippen LogP contribution in [0.1, 0.15) is 5.56 Å². The second kappa shape index (κ2) is 4.42. The molecule has 0 aromatic heterocycles. The molecule has 1 rings (SSSR count). The number of hydrogen-bond donors (Lipinski definition) is 2. The molecular formula is C9H9F2N3. The van der Waals surface area contributed by atoms with Gasteiger partial charge < -0.3 is 11.1 Å². The molecule has 0 unspecified atom stereocenters. The number of halogens is 2. The van der Waals surface area contributed by atoms with Crippen LogP contribution < -0.4 is 11.1 Å². The Morgan fingerprint density at radius 2 is 2.21 bits per heavy atom. The predicted octanol–water partition coefficient (Wildman–Crippen LogP) is 1.82. The molecule has 0 aliphatic rings. The van der Waals surface area contributed by atoms with Crippen molar-refractivity contribution in [3.05, 3.63) is 23.8 Å². The van der Waals surface area contributed by atoms with E-state index < -0.39 is 13.0 Å². The van der Waals surface area contributed by atoms with Gasteiger partial charge in [-0.1, -0.05) is 0 Å². The minimum atomic E-state index is -2.45. The molecule has 74 valence electrons. The van der Waals surface area contributed by atoms with E-state index in [9.17, 15) is 8.78 Å². The number of anilines is 2. The summed E-state index contributed by atoms with van der Waals surface area (Å²) < 4.78 is 23.7. The van der Waals surface area contributed by atoms with Crippen molar-refractivity contribution in [1.82, 2.24) is 0 Å². The zero-order valence-electron chi connectivity index (χ0n) is 7.30. The molecule has 0 aliphatic heterocycles. The number of nitrogens with zero attached hydrogens (tertiary/aromatic N) is 1. The van der Waals surface area contributed by atoms with Crippen molar-refractivity contribution >= 4 is 11.4 Å². The van der Waals surface area contributed by atoms with E-state index >= 15 is 0 Å². The fourth-order valence-corrected chi connectivity index (χ4v) is 0.996. The van der Waals surface area contributed by atoms with Crippen LogP contribution >= 0.6 is 0 Å². The first-order valence-electron chi connectivity index (χ1n) is 3.95. The number of nitriles is 1. The summed E-state index contributed by atoms with van der Waals surface area (Å²) in [6, 6.07) is 6.37. The van der Waals surface area contributed by atoms with Crippen molar-refractivity contribution in [3.63, 3.8) is 0 Å². The topological polar surface area (TPSA) is 61.8 Å². The lowest BCUT2D eigenvalue weighted by Gasteiger charge is -2.07. The van der Waals surface area contributed by atoms with Crippen LogP contribution in [-0.4, -0.2) is 13.0 Å². The summed E-state index contributed by atoms with van der Waals surface area (Å²) in [5.41, 5.74) is 6.51. The molecule has 0 saturated heterocycles. The number of hydrogen-bond acceptors (Lipinski definition) is 3. The molecule has 14 heavy (non-hydrogen) atoms. The fourth-order valence-electron chi connectivity index (χ4n) is 0.996. The van der Waals surface area contributed by atoms with Gasteiger partial charge in [-0.2, -0.15) is 5.26 Å². The van der Waals surface area contributed by atoms with Gasteiger partial charge in [0.15, 0.2) is 0 Å². The van der Waals surface area contributed by atoms with Crippen molar-refractivity contribution in [1.29, 1.82) is 5.26 Å². The van der Waals surface area contributed by atoms with E-state index in [1.807, 2.05) is 6.07 Å². The molecule has 0 spiro atoms. The molecule has 0 atom stereocenters. The Bertz CT molecular complexity index is 358. The molecule has 0 radical (unpaired) electrons. The maximum Gasteiger partial charge on any atom is 0.255 e. The quantitative estimate of drug-likeness (QED) is 0.726. The molecule has 3 nitrogen and oxygen atoms in total. The maximum absolute atomic E-state index is 11.9. The lowest BCUT2D eigenvalue weighted by atomic mass is 10.2. The molecule has 1 aromatic rings. The molecule has 0 heterocycles. The first-order chi connectivity index (χ1) is 6.63. The largest absolute Gasteiger partial charge is 0.399 e. The summed E-state index contributed by atoms with van der Waals surface area (Å²) in [6.45, 7) is -0.474. The SMILES string of the molecule is N#Cc1cc(N)ccc1NCC(F)F. The highest BCUT2D eigenvalue weighted by molar-refractivity contribution is 5.62. The smallest absolute Gasteiger partial charge is 0.255 e. The van der Waals surface area contributed by atoms with E-state index in [1.54, 1.807) is 6.07 Å². The Morgan fingerprint density at radius 3 is 2.79 bits per heavy atom. The summed E-state index contributed by atoms with van der Waals surface area (Å²) in [5, 5.41) is 11.1. The van der Waals surface area contributed by atoms with Gasteiger partial charge in [0.1, 0.15) is 6.07 Å². The van der Waals surface area contributed by atoms with Crippen LogP contribution in [0.15, 0.2) is 18.2 Å². The van der Waals surface area contributed by atoms with E-state index in [0.717, 1.165) is 0 Å². The van der Waals surface area contributed by atoms with Crippen molar-refractivity contribution < 1.29 is 8.78 Å². The summed E-state index contributed by atoms with van der Waals surface area (Å²) in [5.74, 6) is 0. The van der Waals surface area contributed by atoms with Crippen LogP contribution in [0.25, 0.3) is 0 Å². The molecular weight excluding hydrogens is 188 g/mol. The predicted molar refractivity (Wildman–Crippen MR) is 50.1 cm³/mol. The Morgan fingerprint density at radius 1 is 1.50 bits per heavy atom. The number of nitrogen functional groups attached to an aromatic ring is 1. The standard InChI is InChI=1S/C9H9F2N3/c10-9(11)5-14-8-2-1-7(13)3-6(8)4-12/h1-3,9,14H,5,13H2. The molecule has 0 bridgehead atoms. The number of rotatable bonds is 3. The van der Waals surface area contributed by atoms with Crippen molar-refractivity contribution in [2.45, 2.75) is 6.43 Å². The van der Waals surface area contributed by atoms with E-state index in [2.05, 4.69) is 5.32 Å². The van der Waals surface area contributed by atoms with Gasteiger partial charge in [0.25, 0.3) is 6.43 Å². The third-order valence-electron chi connectivity index (χ3n) is 1.61. The molecule has 0 amide bonds. The van der Waals surface area contributed by atoms with E-state index in [-0.39, 0.29) is 5.56 Å². The van der Waals surface area contributed by atoms with Crippen LogP contribution in [0.5, 0.6) is 0 Å². The normalized spacial score (nSPS) is 9.86. The second-order valence-corrected chi connectivity index (χ2v) is 2.69. The van der Waals surface area contributed by atoms with Crippen molar-refractivity contribution in [2.24, 2.45) is 0 Å².